The highest BCUT2D eigenvalue weighted by Gasteiger charge is 2.30. The normalized spacial score (nSPS) is 21.9. The van der Waals surface area contributed by atoms with Crippen molar-refractivity contribution in [1.82, 2.24) is 9.88 Å². The first-order valence-electron chi connectivity index (χ1n) is 11.2. The van der Waals surface area contributed by atoms with Crippen molar-refractivity contribution in [3.63, 3.8) is 0 Å². The van der Waals surface area contributed by atoms with Gasteiger partial charge in [-0.15, -0.1) is 0 Å². The number of ether oxygens (including phenoxy) is 2. The van der Waals surface area contributed by atoms with Crippen molar-refractivity contribution in [2.45, 2.75) is 13.3 Å². The van der Waals surface area contributed by atoms with Crippen LogP contribution >= 0.6 is 0 Å². The van der Waals surface area contributed by atoms with Crippen LogP contribution in [0.15, 0.2) is 105 Å². The first-order valence-corrected chi connectivity index (χ1v) is 11.2. The zero-order chi connectivity index (χ0) is 24.5. The molecule has 1 aromatic heterocycles. The second kappa shape index (κ2) is 12.1. The monoisotopic (exact) mass is 459 g/mol. The van der Waals surface area contributed by atoms with Crippen LogP contribution in [0.3, 0.4) is 0 Å². The Balaban J connectivity index is 2.00. The number of nitrogens with zero attached hydrogens (tertiary/aromatic N) is 4. The topological polar surface area (TPSA) is 85.3 Å². The highest BCUT2D eigenvalue weighted by atomic mass is 16.5. The zero-order valence-corrected chi connectivity index (χ0v) is 20.2. The molecule has 0 radical (unpaired) electrons. The van der Waals surface area contributed by atoms with Crippen LogP contribution in [0.25, 0.3) is 0 Å². The average molecular weight is 460 g/mol. The van der Waals surface area contributed by atoms with Gasteiger partial charge in [0.15, 0.2) is 0 Å². The van der Waals surface area contributed by atoms with Crippen molar-refractivity contribution >= 4 is 12.4 Å². The van der Waals surface area contributed by atoms with E-state index in [4.69, 9.17) is 15.2 Å². The standard InChI is InChI=1S/C27H33N5O2/c1-6-23(25(33-5)13-19(2)34-26-9-7-8-11-30-26)21-14-22(16-29-3)27(31-18-28)24(15-21)20-10-12-32(4)17-20/h6-9,11,13-16,20H,2-3,10,12,17-18,28H2,1,4-5H3/b22-16-,23-6-,25-13+,31-27+. The van der Waals surface area contributed by atoms with Gasteiger partial charge >= 0.3 is 0 Å². The second-order valence-electron chi connectivity index (χ2n) is 8.05. The molecule has 1 aliphatic heterocycles. The number of aliphatic imine (C=N–C) groups is 2. The van der Waals surface area contributed by atoms with Gasteiger partial charge in [-0.2, -0.15) is 0 Å². The van der Waals surface area contributed by atoms with Crippen molar-refractivity contribution in [1.29, 1.82) is 0 Å². The van der Waals surface area contributed by atoms with Crippen LogP contribution in [0, 0.1) is 5.92 Å². The smallest absolute Gasteiger partial charge is 0.219 e. The van der Waals surface area contributed by atoms with E-state index in [2.05, 4.69) is 46.3 Å². The van der Waals surface area contributed by atoms with Crippen LogP contribution in [-0.4, -0.2) is 56.2 Å². The number of hydrogen-bond acceptors (Lipinski definition) is 7. The third-order valence-electron chi connectivity index (χ3n) is 5.73. The molecule has 34 heavy (non-hydrogen) atoms. The maximum absolute atomic E-state index is 5.83. The SMILES string of the molecule is C=N/C=C1C=C(C(=C/C)/C(=C\C(=C)Oc2ccccn2)OC)C=C(C2CCN(C)C2)C/1=N/CN. The van der Waals surface area contributed by atoms with Crippen molar-refractivity contribution in [3.8, 4) is 5.88 Å². The Morgan fingerprint density at radius 1 is 1.35 bits per heavy atom. The fourth-order valence-corrected chi connectivity index (χ4v) is 4.22. The molecule has 1 atom stereocenters. The number of allylic oxidation sites excluding steroid dienone is 6. The quantitative estimate of drug-likeness (QED) is 0.340. The van der Waals surface area contributed by atoms with Crippen LogP contribution in [0.2, 0.25) is 0 Å². The molecule has 1 saturated heterocycles. The van der Waals surface area contributed by atoms with Crippen molar-refractivity contribution in [2.24, 2.45) is 21.6 Å². The fraction of sp³-hybridized carbons (Fsp3) is 0.296. The second-order valence-corrected chi connectivity index (χ2v) is 8.05. The molecule has 3 rings (SSSR count). The van der Waals surface area contributed by atoms with E-state index in [1.807, 2.05) is 31.2 Å². The summed E-state index contributed by atoms with van der Waals surface area (Å²) in [6.07, 6.45) is 12.4. The van der Waals surface area contributed by atoms with Crippen molar-refractivity contribution in [2.75, 3.05) is 33.9 Å². The van der Waals surface area contributed by atoms with Crippen molar-refractivity contribution in [3.05, 3.63) is 95.3 Å². The van der Waals surface area contributed by atoms with E-state index in [9.17, 15) is 0 Å². The summed E-state index contributed by atoms with van der Waals surface area (Å²) >= 11 is 0. The number of aromatic nitrogens is 1. The summed E-state index contributed by atoms with van der Waals surface area (Å²) in [5.74, 6) is 1.86. The number of pyridine rings is 1. The predicted octanol–water partition coefficient (Wildman–Crippen LogP) is 4.21. The van der Waals surface area contributed by atoms with Crippen LogP contribution in [0.4, 0.5) is 0 Å². The lowest BCUT2D eigenvalue weighted by molar-refractivity contribution is 0.298. The highest BCUT2D eigenvalue weighted by molar-refractivity contribution is 6.16. The van der Waals surface area contributed by atoms with E-state index in [-0.39, 0.29) is 6.67 Å². The average Bonchev–Trinajstić information content (AvgIpc) is 3.27. The molecule has 7 heteroatoms. The fourth-order valence-electron chi connectivity index (χ4n) is 4.22. The molecule has 2 aliphatic rings. The van der Waals surface area contributed by atoms with Crippen molar-refractivity contribution < 1.29 is 9.47 Å². The Kier molecular flexibility index (Phi) is 8.90. The Bertz CT molecular complexity index is 1090. The van der Waals surface area contributed by atoms with Crippen LogP contribution in [-0.2, 0) is 4.74 Å². The molecular weight excluding hydrogens is 426 g/mol. The van der Waals surface area contributed by atoms with Gasteiger partial charge in [-0.05, 0) is 68.9 Å². The van der Waals surface area contributed by atoms with Gasteiger partial charge in [-0.3, -0.25) is 9.98 Å². The molecule has 7 nitrogen and oxygen atoms in total. The zero-order valence-electron chi connectivity index (χ0n) is 20.2. The van der Waals surface area contributed by atoms with E-state index in [1.165, 1.54) is 0 Å². The van der Waals surface area contributed by atoms with Gasteiger partial charge in [0, 0.05) is 42.2 Å². The number of methoxy groups -OCH3 is 1. The lowest BCUT2D eigenvalue weighted by Gasteiger charge is -2.25. The Labute approximate surface area is 202 Å². The van der Waals surface area contributed by atoms with Gasteiger partial charge in [-0.1, -0.05) is 18.7 Å². The molecule has 2 heterocycles. The third kappa shape index (κ3) is 6.07. The minimum absolute atomic E-state index is 0.206. The maximum atomic E-state index is 5.83. The lowest BCUT2D eigenvalue weighted by atomic mass is 9.82. The molecule has 1 unspecified atom stereocenters. The van der Waals surface area contributed by atoms with Gasteiger partial charge < -0.3 is 20.1 Å². The molecule has 0 spiro atoms. The first kappa shape index (κ1) is 25.1. The Hall–Kier alpha value is -3.55. The summed E-state index contributed by atoms with van der Waals surface area (Å²) in [5.41, 5.74) is 10.6. The van der Waals surface area contributed by atoms with Gasteiger partial charge in [0.05, 0.1) is 19.5 Å². The predicted molar refractivity (Wildman–Crippen MR) is 139 cm³/mol. The van der Waals surface area contributed by atoms with Crippen LogP contribution in [0.1, 0.15) is 13.3 Å². The van der Waals surface area contributed by atoms with Gasteiger partial charge in [0.25, 0.3) is 0 Å². The Morgan fingerprint density at radius 3 is 2.76 bits per heavy atom. The summed E-state index contributed by atoms with van der Waals surface area (Å²) in [6, 6.07) is 5.46. The molecular formula is C27H33N5O2. The molecule has 0 bridgehead atoms. The summed E-state index contributed by atoms with van der Waals surface area (Å²) < 4.78 is 11.5. The number of nitrogens with two attached hydrogens (primary N) is 1. The summed E-state index contributed by atoms with van der Waals surface area (Å²) in [6.45, 7) is 11.8. The minimum atomic E-state index is 0.206. The summed E-state index contributed by atoms with van der Waals surface area (Å²) in [7, 11) is 3.77. The van der Waals surface area contributed by atoms with Crippen LogP contribution in [0.5, 0.6) is 5.88 Å². The van der Waals surface area contributed by atoms with E-state index < -0.39 is 0 Å². The molecule has 1 fully saturated rings. The summed E-state index contributed by atoms with van der Waals surface area (Å²) in [5, 5.41) is 0. The maximum Gasteiger partial charge on any atom is 0.219 e. The first-order chi connectivity index (χ1) is 16.5. The molecule has 0 saturated carbocycles. The molecule has 178 valence electrons. The van der Waals surface area contributed by atoms with E-state index >= 15 is 0 Å². The molecule has 1 aromatic rings. The number of likely N-dealkylation sites (tertiary alicyclic amines) is 1. The van der Waals surface area contributed by atoms with Gasteiger partial charge in [-0.25, -0.2) is 4.98 Å². The minimum Gasteiger partial charge on any atom is -0.496 e. The Morgan fingerprint density at radius 2 is 2.18 bits per heavy atom. The van der Waals surface area contributed by atoms with E-state index in [1.54, 1.807) is 31.6 Å². The molecule has 2 N–H and O–H groups in total. The van der Waals surface area contributed by atoms with Gasteiger partial charge in [0.2, 0.25) is 5.88 Å². The van der Waals surface area contributed by atoms with E-state index in [0.29, 0.717) is 23.3 Å². The van der Waals surface area contributed by atoms with Crippen LogP contribution < -0.4 is 10.5 Å². The summed E-state index contributed by atoms with van der Waals surface area (Å²) in [4.78, 5) is 15.2. The molecule has 0 aromatic carbocycles. The van der Waals surface area contributed by atoms with Gasteiger partial charge in [0.1, 0.15) is 11.5 Å². The molecule has 0 amide bonds. The third-order valence-corrected chi connectivity index (χ3v) is 5.73. The lowest BCUT2D eigenvalue weighted by Crippen LogP contribution is -2.22. The number of rotatable bonds is 9. The molecule has 1 aliphatic carbocycles. The highest BCUT2D eigenvalue weighted by Crippen LogP contribution is 2.35. The largest absolute Gasteiger partial charge is 0.496 e. The van der Waals surface area contributed by atoms with E-state index in [0.717, 1.165) is 47.5 Å². The number of hydrogen-bond donors (Lipinski definition) is 1.